The van der Waals surface area contributed by atoms with Crippen LogP contribution in [0.4, 0.5) is 0 Å². The Morgan fingerprint density at radius 3 is 2.54 bits per heavy atom. The molecule has 2 aliphatic heterocycles. The zero-order valence-electron chi connectivity index (χ0n) is 15.5. The van der Waals surface area contributed by atoms with Crippen molar-refractivity contribution >= 4 is 0 Å². The van der Waals surface area contributed by atoms with Gasteiger partial charge < -0.3 is 20.3 Å². The molecule has 9 atom stereocenters. The number of ether oxygens (including phenoxy) is 2. The fourth-order valence-electron chi connectivity index (χ4n) is 7.73. The molecule has 4 heteroatoms. The van der Waals surface area contributed by atoms with Crippen molar-refractivity contribution < 1.29 is 14.6 Å². The molecule has 136 valence electrons. The van der Waals surface area contributed by atoms with Gasteiger partial charge in [0.25, 0.3) is 0 Å². The smallest absolute Gasteiger partial charge is 0.114 e. The third-order valence-corrected chi connectivity index (χ3v) is 9.22. The van der Waals surface area contributed by atoms with Gasteiger partial charge in [-0.25, -0.2) is 0 Å². The monoisotopic (exact) mass is 335 g/mol. The lowest BCUT2D eigenvalue weighted by atomic mass is 9.45. The topological polar surface area (TPSA) is 68.0 Å². The largest absolute Gasteiger partial charge is 0.389 e. The molecule has 3 N–H and O–H groups in total. The first-order chi connectivity index (χ1) is 11.2. The van der Waals surface area contributed by atoms with E-state index >= 15 is 0 Å². The van der Waals surface area contributed by atoms with E-state index in [1.807, 2.05) is 0 Å². The van der Waals surface area contributed by atoms with Crippen LogP contribution in [0.15, 0.2) is 0 Å². The average molecular weight is 335 g/mol. The summed E-state index contributed by atoms with van der Waals surface area (Å²) in [6.07, 6.45) is 5.23. The van der Waals surface area contributed by atoms with Crippen LogP contribution in [-0.2, 0) is 9.47 Å². The zero-order valence-corrected chi connectivity index (χ0v) is 15.5. The molecule has 5 rings (SSSR count). The highest BCUT2D eigenvalue weighted by Gasteiger charge is 2.78. The third kappa shape index (κ3) is 1.57. The summed E-state index contributed by atoms with van der Waals surface area (Å²) < 4.78 is 12.3. The van der Waals surface area contributed by atoms with Gasteiger partial charge in [-0.1, -0.05) is 27.7 Å². The zero-order chi connectivity index (χ0) is 17.1. The van der Waals surface area contributed by atoms with E-state index in [2.05, 4.69) is 27.7 Å². The van der Waals surface area contributed by atoms with Crippen molar-refractivity contribution in [3.63, 3.8) is 0 Å². The minimum absolute atomic E-state index is 0.133. The first-order valence-electron chi connectivity index (χ1n) is 9.97. The van der Waals surface area contributed by atoms with Gasteiger partial charge in [0.2, 0.25) is 0 Å². The van der Waals surface area contributed by atoms with Crippen LogP contribution < -0.4 is 5.73 Å². The molecule has 4 unspecified atom stereocenters. The van der Waals surface area contributed by atoms with Crippen LogP contribution >= 0.6 is 0 Å². The number of epoxide rings is 1. The molecule has 0 aromatic heterocycles. The van der Waals surface area contributed by atoms with E-state index in [4.69, 9.17) is 15.2 Å². The molecule has 3 aliphatic carbocycles. The fraction of sp³-hybridized carbons (Fsp3) is 1.00. The van der Waals surface area contributed by atoms with E-state index in [-0.39, 0.29) is 23.2 Å². The van der Waals surface area contributed by atoms with Gasteiger partial charge in [0, 0.05) is 5.92 Å². The molecule has 2 saturated heterocycles. The number of fused-ring (bicyclic) bond motifs is 4. The molecule has 0 aromatic carbocycles. The van der Waals surface area contributed by atoms with Gasteiger partial charge in [-0.15, -0.1) is 0 Å². The van der Waals surface area contributed by atoms with Crippen molar-refractivity contribution in [2.24, 2.45) is 34.8 Å². The van der Waals surface area contributed by atoms with Gasteiger partial charge in [-0.2, -0.15) is 0 Å². The molecule has 5 aliphatic rings. The number of hydrogen-bond acceptors (Lipinski definition) is 4. The maximum absolute atomic E-state index is 11.9. The second-order valence-electron chi connectivity index (χ2n) is 10.3. The summed E-state index contributed by atoms with van der Waals surface area (Å²) in [6, 6.07) is 0. The second-order valence-corrected chi connectivity index (χ2v) is 10.3. The van der Waals surface area contributed by atoms with Crippen LogP contribution in [0.25, 0.3) is 0 Å². The van der Waals surface area contributed by atoms with Crippen LogP contribution in [0.5, 0.6) is 0 Å². The number of rotatable bonds is 0. The third-order valence-electron chi connectivity index (χ3n) is 9.22. The molecule has 0 amide bonds. The summed E-state index contributed by atoms with van der Waals surface area (Å²) in [4.78, 5) is 0. The summed E-state index contributed by atoms with van der Waals surface area (Å²) in [7, 11) is 0. The molecule has 3 saturated carbocycles. The Bertz CT molecular complexity index is 579. The van der Waals surface area contributed by atoms with E-state index in [1.165, 1.54) is 0 Å². The van der Waals surface area contributed by atoms with Crippen LogP contribution in [0.2, 0.25) is 0 Å². The van der Waals surface area contributed by atoms with Crippen molar-refractivity contribution in [3.05, 3.63) is 0 Å². The summed E-state index contributed by atoms with van der Waals surface area (Å²) in [5.41, 5.74) is 5.68. The van der Waals surface area contributed by atoms with Crippen LogP contribution in [-0.4, -0.2) is 40.7 Å². The molecular weight excluding hydrogens is 302 g/mol. The molecule has 0 aromatic rings. The quantitative estimate of drug-likeness (QED) is 0.667. The lowest BCUT2D eigenvalue weighted by Crippen LogP contribution is -2.75. The van der Waals surface area contributed by atoms with Gasteiger partial charge in [0.15, 0.2) is 0 Å². The van der Waals surface area contributed by atoms with E-state index in [0.717, 1.165) is 32.3 Å². The molecule has 0 radical (unpaired) electrons. The predicted octanol–water partition coefficient (Wildman–Crippen LogP) is 2.47. The van der Waals surface area contributed by atoms with Crippen molar-refractivity contribution in [2.75, 3.05) is 6.61 Å². The SMILES string of the molecule is CC1CC[C@@]2(O)C[C@]3(N)[C@@H]4COC4CC[C@]34O[C@@H]4C(C)C1C2(C)C. The second kappa shape index (κ2) is 4.39. The Balaban J connectivity index is 1.64. The molecule has 2 bridgehead atoms. The summed E-state index contributed by atoms with van der Waals surface area (Å²) in [6.45, 7) is 10.0. The summed E-state index contributed by atoms with van der Waals surface area (Å²) in [5.74, 6) is 1.91. The van der Waals surface area contributed by atoms with Gasteiger partial charge in [-0.3, -0.25) is 0 Å². The molecular formula is C20H33NO3. The standard InChI is InChI=1S/C20H33NO3/c1-11-5-7-18(22)10-19(21)13-9-23-14(13)6-8-20(19)16(24-20)12(2)15(11)17(18,3)4/h11-16,22H,5-10,21H2,1-4H3/t11?,12?,13-,14?,15?,16-,18-,19+,20-/m1/s1. The van der Waals surface area contributed by atoms with E-state index in [0.29, 0.717) is 30.1 Å². The van der Waals surface area contributed by atoms with E-state index in [1.54, 1.807) is 0 Å². The Morgan fingerprint density at radius 2 is 1.88 bits per heavy atom. The molecule has 1 spiro atoms. The summed E-state index contributed by atoms with van der Waals surface area (Å²) >= 11 is 0. The van der Waals surface area contributed by atoms with Crippen molar-refractivity contribution in [2.45, 2.75) is 88.7 Å². The highest BCUT2D eigenvalue weighted by atomic mass is 16.6. The number of aliphatic hydroxyl groups is 1. The highest BCUT2D eigenvalue weighted by molar-refractivity contribution is 5.30. The average Bonchev–Trinajstić information content (AvgIpc) is 3.16. The predicted molar refractivity (Wildman–Crippen MR) is 91.4 cm³/mol. The normalized spacial score (nSPS) is 63.8. The van der Waals surface area contributed by atoms with E-state index in [9.17, 15) is 5.11 Å². The minimum atomic E-state index is -0.700. The first kappa shape index (κ1) is 16.0. The number of nitrogens with two attached hydrogens (primary N) is 1. The maximum atomic E-state index is 11.9. The summed E-state index contributed by atoms with van der Waals surface area (Å²) in [5, 5.41) is 11.9. The van der Waals surface area contributed by atoms with E-state index < -0.39 is 11.1 Å². The lowest BCUT2D eigenvalue weighted by molar-refractivity contribution is -0.225. The number of hydrogen-bond donors (Lipinski definition) is 2. The van der Waals surface area contributed by atoms with Gasteiger partial charge in [0.1, 0.15) is 5.60 Å². The van der Waals surface area contributed by atoms with Gasteiger partial charge in [-0.05, 0) is 55.3 Å². The molecule has 2 heterocycles. The van der Waals surface area contributed by atoms with Gasteiger partial charge >= 0.3 is 0 Å². The highest BCUT2D eigenvalue weighted by Crippen LogP contribution is 2.68. The fourth-order valence-corrected chi connectivity index (χ4v) is 7.73. The minimum Gasteiger partial charge on any atom is -0.389 e. The van der Waals surface area contributed by atoms with Crippen LogP contribution in [0, 0.1) is 29.1 Å². The molecule has 4 nitrogen and oxygen atoms in total. The van der Waals surface area contributed by atoms with Crippen LogP contribution in [0.1, 0.15) is 59.8 Å². The van der Waals surface area contributed by atoms with Crippen LogP contribution in [0.3, 0.4) is 0 Å². The van der Waals surface area contributed by atoms with Gasteiger partial charge in [0.05, 0.1) is 30.0 Å². The first-order valence-corrected chi connectivity index (χ1v) is 9.97. The Hall–Kier alpha value is -0.160. The molecule has 24 heavy (non-hydrogen) atoms. The molecule has 5 fully saturated rings. The Morgan fingerprint density at radius 1 is 1.12 bits per heavy atom. The Kier molecular flexibility index (Phi) is 2.93. The van der Waals surface area contributed by atoms with Crippen molar-refractivity contribution in [1.82, 2.24) is 0 Å². The van der Waals surface area contributed by atoms with Crippen molar-refractivity contribution in [3.8, 4) is 0 Å². The van der Waals surface area contributed by atoms with Crippen molar-refractivity contribution in [1.29, 1.82) is 0 Å². The Labute approximate surface area is 145 Å². The lowest BCUT2D eigenvalue weighted by Gasteiger charge is -2.63. The maximum Gasteiger partial charge on any atom is 0.114 e.